The highest BCUT2D eigenvalue weighted by molar-refractivity contribution is 8.00. The van der Waals surface area contributed by atoms with Gasteiger partial charge in [0, 0.05) is 11.3 Å². The molecule has 0 unspecified atom stereocenters. The number of carbonyl (C=O) groups excluding carboxylic acids is 1. The van der Waals surface area contributed by atoms with E-state index in [-0.39, 0.29) is 11.7 Å². The summed E-state index contributed by atoms with van der Waals surface area (Å²) in [5, 5.41) is 20.0. The van der Waals surface area contributed by atoms with Crippen molar-refractivity contribution in [3.63, 3.8) is 0 Å². The summed E-state index contributed by atoms with van der Waals surface area (Å²) in [6.45, 7) is 3.77. The van der Waals surface area contributed by atoms with Crippen molar-refractivity contribution in [1.29, 1.82) is 0 Å². The van der Waals surface area contributed by atoms with Gasteiger partial charge in [-0.25, -0.2) is 0 Å². The standard InChI is InChI=1S/C18H17N3O3S/c1-11-3-7-14(8-4-11)19-16(23)12(2)25-18-21-20-17(24-18)13-5-9-15(22)10-6-13/h3-10,12,22H,1-2H3,(H,19,23)/t12-/m0/s1. The maximum Gasteiger partial charge on any atom is 0.277 e. The number of benzene rings is 2. The van der Waals surface area contributed by atoms with Gasteiger partial charge in [0.15, 0.2) is 0 Å². The van der Waals surface area contributed by atoms with E-state index in [1.54, 1.807) is 31.2 Å². The number of hydrogen-bond donors (Lipinski definition) is 2. The van der Waals surface area contributed by atoms with Crippen molar-refractivity contribution in [2.45, 2.75) is 24.3 Å². The minimum atomic E-state index is -0.394. The van der Waals surface area contributed by atoms with Crippen LogP contribution < -0.4 is 5.32 Å². The Hall–Kier alpha value is -2.80. The van der Waals surface area contributed by atoms with Crippen molar-refractivity contribution < 1.29 is 14.3 Å². The zero-order valence-electron chi connectivity index (χ0n) is 13.8. The van der Waals surface area contributed by atoms with E-state index in [2.05, 4.69) is 15.5 Å². The van der Waals surface area contributed by atoms with Crippen LogP contribution in [0.1, 0.15) is 12.5 Å². The average molecular weight is 355 g/mol. The zero-order valence-corrected chi connectivity index (χ0v) is 14.6. The van der Waals surface area contributed by atoms with Gasteiger partial charge in [-0.1, -0.05) is 29.5 Å². The van der Waals surface area contributed by atoms with E-state index >= 15 is 0 Å². The Kier molecular flexibility index (Phi) is 5.04. The lowest BCUT2D eigenvalue weighted by atomic mass is 10.2. The molecule has 0 aliphatic rings. The number of aryl methyl sites for hydroxylation is 1. The first-order valence-corrected chi connectivity index (χ1v) is 8.56. The second-order valence-electron chi connectivity index (χ2n) is 5.54. The van der Waals surface area contributed by atoms with E-state index in [0.717, 1.165) is 11.3 Å². The Morgan fingerprint density at radius 1 is 1.12 bits per heavy atom. The minimum Gasteiger partial charge on any atom is -0.508 e. The number of carbonyl (C=O) groups is 1. The van der Waals surface area contributed by atoms with E-state index in [9.17, 15) is 9.90 Å². The minimum absolute atomic E-state index is 0.141. The summed E-state index contributed by atoms with van der Waals surface area (Å²) in [4.78, 5) is 12.3. The number of nitrogens with one attached hydrogen (secondary N) is 1. The van der Waals surface area contributed by atoms with Crippen molar-refractivity contribution in [3.05, 3.63) is 54.1 Å². The molecule has 3 aromatic rings. The third kappa shape index (κ3) is 4.39. The molecule has 0 saturated carbocycles. The normalized spacial score (nSPS) is 11.9. The molecule has 0 radical (unpaired) electrons. The summed E-state index contributed by atoms with van der Waals surface area (Å²) in [6, 6.07) is 14.1. The fourth-order valence-corrected chi connectivity index (χ4v) is 2.75. The molecule has 0 aliphatic heterocycles. The van der Waals surface area contributed by atoms with Crippen LogP contribution in [0, 0.1) is 6.92 Å². The van der Waals surface area contributed by atoms with Crippen molar-refractivity contribution in [2.24, 2.45) is 0 Å². The summed E-state index contributed by atoms with van der Waals surface area (Å²) in [5.41, 5.74) is 2.58. The number of phenolic OH excluding ortho intramolecular Hbond substituents is 1. The number of amides is 1. The van der Waals surface area contributed by atoms with Crippen molar-refractivity contribution in [1.82, 2.24) is 10.2 Å². The van der Waals surface area contributed by atoms with Crippen LogP contribution in [0.15, 0.2) is 58.2 Å². The highest BCUT2D eigenvalue weighted by Crippen LogP contribution is 2.27. The number of aromatic hydroxyl groups is 1. The number of anilines is 1. The molecule has 3 rings (SSSR count). The van der Waals surface area contributed by atoms with Crippen LogP contribution in [0.5, 0.6) is 5.75 Å². The van der Waals surface area contributed by atoms with Crippen LogP contribution in [0.3, 0.4) is 0 Å². The number of rotatable bonds is 5. The van der Waals surface area contributed by atoms with E-state index in [1.165, 1.54) is 11.8 Å². The molecular weight excluding hydrogens is 338 g/mol. The van der Waals surface area contributed by atoms with E-state index in [4.69, 9.17) is 4.42 Å². The van der Waals surface area contributed by atoms with Crippen LogP contribution in [-0.4, -0.2) is 26.5 Å². The fraction of sp³-hybridized carbons (Fsp3) is 0.167. The Labute approximate surface area is 149 Å². The average Bonchev–Trinajstić information content (AvgIpc) is 3.06. The zero-order chi connectivity index (χ0) is 17.8. The van der Waals surface area contributed by atoms with Gasteiger partial charge in [0.1, 0.15) is 5.75 Å². The molecule has 0 aliphatic carbocycles. The molecule has 1 heterocycles. The summed E-state index contributed by atoms with van der Waals surface area (Å²) in [5.74, 6) is 0.367. The lowest BCUT2D eigenvalue weighted by molar-refractivity contribution is -0.115. The summed E-state index contributed by atoms with van der Waals surface area (Å²) >= 11 is 1.19. The Balaban J connectivity index is 1.62. The van der Waals surface area contributed by atoms with E-state index < -0.39 is 5.25 Å². The first kappa shape index (κ1) is 17.0. The Morgan fingerprint density at radius 2 is 1.80 bits per heavy atom. The molecule has 0 saturated heterocycles. The lowest BCUT2D eigenvalue weighted by Gasteiger charge is -2.10. The third-order valence-electron chi connectivity index (χ3n) is 3.49. The maximum absolute atomic E-state index is 12.3. The first-order chi connectivity index (χ1) is 12.0. The van der Waals surface area contributed by atoms with Crippen molar-refractivity contribution in [3.8, 4) is 17.2 Å². The highest BCUT2D eigenvalue weighted by atomic mass is 32.2. The molecule has 6 nitrogen and oxygen atoms in total. The van der Waals surface area contributed by atoms with Gasteiger partial charge >= 0.3 is 0 Å². The SMILES string of the molecule is Cc1ccc(NC(=O)[C@H](C)Sc2nnc(-c3ccc(O)cc3)o2)cc1. The largest absolute Gasteiger partial charge is 0.508 e. The van der Waals surface area contributed by atoms with Gasteiger partial charge < -0.3 is 14.8 Å². The first-order valence-electron chi connectivity index (χ1n) is 7.68. The van der Waals surface area contributed by atoms with Crippen LogP contribution in [-0.2, 0) is 4.79 Å². The van der Waals surface area contributed by atoms with Gasteiger partial charge in [-0.15, -0.1) is 10.2 Å². The topological polar surface area (TPSA) is 88.2 Å². The molecule has 7 heteroatoms. The second-order valence-corrected chi connectivity index (χ2v) is 6.83. The fourth-order valence-electron chi connectivity index (χ4n) is 2.06. The van der Waals surface area contributed by atoms with Crippen LogP contribution in [0.25, 0.3) is 11.5 Å². The predicted octanol–water partition coefficient (Wildman–Crippen LogP) is 3.87. The number of nitrogens with zero attached hydrogens (tertiary/aromatic N) is 2. The highest BCUT2D eigenvalue weighted by Gasteiger charge is 2.19. The van der Waals surface area contributed by atoms with Gasteiger partial charge in [-0.3, -0.25) is 4.79 Å². The molecule has 25 heavy (non-hydrogen) atoms. The number of aromatic nitrogens is 2. The quantitative estimate of drug-likeness (QED) is 0.676. The predicted molar refractivity (Wildman–Crippen MR) is 96.5 cm³/mol. The molecule has 2 aromatic carbocycles. The molecule has 2 N–H and O–H groups in total. The van der Waals surface area contributed by atoms with Crippen molar-refractivity contribution in [2.75, 3.05) is 5.32 Å². The third-order valence-corrected chi connectivity index (χ3v) is 4.42. The van der Waals surface area contributed by atoms with Gasteiger partial charge in [0.05, 0.1) is 5.25 Å². The molecule has 128 valence electrons. The maximum atomic E-state index is 12.3. The molecule has 1 amide bonds. The molecule has 0 bridgehead atoms. The molecular formula is C18H17N3O3S. The number of hydrogen-bond acceptors (Lipinski definition) is 6. The Bertz CT molecular complexity index is 860. The molecule has 1 aromatic heterocycles. The molecule has 0 fully saturated rings. The summed E-state index contributed by atoms with van der Waals surface area (Å²) in [6.07, 6.45) is 0. The summed E-state index contributed by atoms with van der Waals surface area (Å²) in [7, 11) is 0. The Morgan fingerprint density at radius 3 is 2.48 bits per heavy atom. The van der Waals surface area contributed by atoms with Crippen molar-refractivity contribution >= 4 is 23.4 Å². The van der Waals surface area contributed by atoms with Gasteiger partial charge in [-0.05, 0) is 50.2 Å². The number of phenols is 1. The molecule has 1 atom stereocenters. The smallest absolute Gasteiger partial charge is 0.277 e. The number of thioether (sulfide) groups is 1. The summed E-state index contributed by atoms with van der Waals surface area (Å²) < 4.78 is 5.58. The van der Waals surface area contributed by atoms with Gasteiger partial charge in [0.2, 0.25) is 11.8 Å². The van der Waals surface area contributed by atoms with Gasteiger partial charge in [-0.2, -0.15) is 0 Å². The van der Waals surface area contributed by atoms with E-state index in [0.29, 0.717) is 16.7 Å². The lowest BCUT2D eigenvalue weighted by Crippen LogP contribution is -2.22. The molecule has 0 spiro atoms. The monoisotopic (exact) mass is 355 g/mol. The van der Waals surface area contributed by atoms with Crippen LogP contribution in [0.4, 0.5) is 5.69 Å². The second kappa shape index (κ2) is 7.40. The van der Waals surface area contributed by atoms with E-state index in [1.807, 2.05) is 31.2 Å². The van der Waals surface area contributed by atoms with Crippen LogP contribution >= 0.6 is 11.8 Å². The van der Waals surface area contributed by atoms with Crippen LogP contribution in [0.2, 0.25) is 0 Å². The van der Waals surface area contributed by atoms with Gasteiger partial charge in [0.25, 0.3) is 5.22 Å².